The number of esters is 1. The molecule has 2 heterocycles. The molecular weight excluding hydrogens is 248 g/mol. The Hall–Kier alpha value is -2.51. The number of carbonyl (C=O) groups is 1. The molecule has 0 aliphatic heterocycles. The van der Waals surface area contributed by atoms with Gasteiger partial charge in [0.25, 0.3) is 0 Å². The first-order valence-corrected chi connectivity index (χ1v) is 5.80. The van der Waals surface area contributed by atoms with Gasteiger partial charge < -0.3 is 10.1 Å². The van der Waals surface area contributed by atoms with E-state index < -0.39 is 5.97 Å². The van der Waals surface area contributed by atoms with Crippen molar-refractivity contribution in [1.82, 2.24) is 25.4 Å². The smallest absolute Gasteiger partial charge is 0.358 e. The zero-order chi connectivity index (χ0) is 13.5. The van der Waals surface area contributed by atoms with Crippen molar-refractivity contribution in [3.8, 4) is 0 Å². The van der Waals surface area contributed by atoms with Crippen molar-refractivity contribution in [3.63, 3.8) is 0 Å². The summed E-state index contributed by atoms with van der Waals surface area (Å²) in [6.07, 6.45) is 3.18. The molecule has 0 atom stereocenters. The fraction of sp³-hybridized carbons (Fsp3) is 0.364. The number of aromatic amines is 1. The van der Waals surface area contributed by atoms with Gasteiger partial charge in [-0.2, -0.15) is 5.10 Å². The number of aromatic nitrogens is 5. The van der Waals surface area contributed by atoms with Gasteiger partial charge in [0, 0.05) is 13.0 Å². The van der Waals surface area contributed by atoms with Crippen LogP contribution in [0, 0.1) is 0 Å². The quantitative estimate of drug-likeness (QED) is 0.574. The highest BCUT2D eigenvalue weighted by Gasteiger charge is 2.07. The predicted octanol–water partition coefficient (Wildman–Crippen LogP) is 0.426. The molecule has 0 amide bonds. The summed E-state index contributed by atoms with van der Waals surface area (Å²) < 4.78 is 4.54. The Kier molecular flexibility index (Phi) is 4.38. The summed E-state index contributed by atoms with van der Waals surface area (Å²) in [5.41, 5.74) is 0.190. The number of methoxy groups -OCH3 is 1. The van der Waals surface area contributed by atoms with Gasteiger partial charge in [0.05, 0.1) is 7.11 Å². The van der Waals surface area contributed by atoms with Crippen molar-refractivity contribution in [2.45, 2.75) is 12.8 Å². The molecule has 2 aromatic rings. The molecule has 100 valence electrons. The van der Waals surface area contributed by atoms with E-state index in [9.17, 15) is 4.79 Å². The average molecular weight is 262 g/mol. The number of rotatable bonds is 6. The maximum atomic E-state index is 11.2. The monoisotopic (exact) mass is 262 g/mol. The van der Waals surface area contributed by atoms with E-state index in [2.05, 4.69) is 35.4 Å². The second-order valence-electron chi connectivity index (χ2n) is 3.76. The SMILES string of the molecule is COC(=O)c1ccc(NCCCc2ncn[nH]2)nn1. The summed E-state index contributed by atoms with van der Waals surface area (Å²) in [7, 11) is 1.31. The maximum Gasteiger partial charge on any atom is 0.358 e. The van der Waals surface area contributed by atoms with E-state index in [-0.39, 0.29) is 5.69 Å². The largest absolute Gasteiger partial charge is 0.464 e. The second kappa shape index (κ2) is 6.43. The maximum absolute atomic E-state index is 11.2. The molecule has 2 rings (SSSR count). The molecule has 0 saturated carbocycles. The summed E-state index contributed by atoms with van der Waals surface area (Å²) in [5, 5.41) is 17.3. The van der Waals surface area contributed by atoms with E-state index in [1.807, 2.05) is 0 Å². The van der Waals surface area contributed by atoms with E-state index in [1.165, 1.54) is 13.4 Å². The fourth-order valence-corrected chi connectivity index (χ4v) is 1.46. The first kappa shape index (κ1) is 12.9. The number of hydrogen-bond acceptors (Lipinski definition) is 7. The van der Waals surface area contributed by atoms with E-state index in [1.54, 1.807) is 12.1 Å². The van der Waals surface area contributed by atoms with Crippen LogP contribution in [0.15, 0.2) is 18.5 Å². The molecule has 0 unspecified atom stereocenters. The molecule has 0 bridgehead atoms. The van der Waals surface area contributed by atoms with Crippen LogP contribution in [0.2, 0.25) is 0 Å². The number of aryl methyl sites for hydroxylation is 1. The molecule has 19 heavy (non-hydrogen) atoms. The van der Waals surface area contributed by atoms with Gasteiger partial charge in [-0.15, -0.1) is 10.2 Å². The molecule has 0 fully saturated rings. The van der Waals surface area contributed by atoms with Crippen molar-refractivity contribution in [2.75, 3.05) is 19.0 Å². The van der Waals surface area contributed by atoms with Crippen LogP contribution in [0.1, 0.15) is 22.7 Å². The van der Waals surface area contributed by atoms with Crippen LogP contribution in [-0.2, 0) is 11.2 Å². The van der Waals surface area contributed by atoms with Crippen molar-refractivity contribution in [1.29, 1.82) is 0 Å². The van der Waals surface area contributed by atoms with Crippen LogP contribution < -0.4 is 5.32 Å². The summed E-state index contributed by atoms with van der Waals surface area (Å²) in [5.74, 6) is 0.975. The summed E-state index contributed by atoms with van der Waals surface area (Å²) >= 11 is 0. The Labute approximate surface area is 109 Å². The van der Waals surface area contributed by atoms with Gasteiger partial charge in [0.15, 0.2) is 5.69 Å². The highest BCUT2D eigenvalue weighted by molar-refractivity contribution is 5.86. The summed E-state index contributed by atoms with van der Waals surface area (Å²) in [6.45, 7) is 0.729. The van der Waals surface area contributed by atoms with Crippen LogP contribution >= 0.6 is 0 Å². The molecule has 0 aromatic carbocycles. The van der Waals surface area contributed by atoms with E-state index >= 15 is 0 Å². The van der Waals surface area contributed by atoms with Crippen LogP contribution in [-0.4, -0.2) is 45.0 Å². The van der Waals surface area contributed by atoms with Gasteiger partial charge in [-0.3, -0.25) is 5.10 Å². The Bertz CT molecular complexity index is 510. The number of carbonyl (C=O) groups excluding carboxylic acids is 1. The third-order valence-electron chi connectivity index (χ3n) is 2.42. The Morgan fingerprint density at radius 2 is 2.32 bits per heavy atom. The lowest BCUT2D eigenvalue weighted by molar-refractivity contribution is 0.0593. The number of H-pyrrole nitrogens is 1. The number of hydrogen-bond donors (Lipinski definition) is 2. The third-order valence-corrected chi connectivity index (χ3v) is 2.42. The van der Waals surface area contributed by atoms with Gasteiger partial charge in [0.1, 0.15) is 18.0 Å². The first-order valence-electron chi connectivity index (χ1n) is 5.80. The number of nitrogens with zero attached hydrogens (tertiary/aromatic N) is 4. The molecule has 0 spiro atoms. The summed E-state index contributed by atoms with van der Waals surface area (Å²) in [4.78, 5) is 15.2. The number of ether oxygens (including phenoxy) is 1. The topological polar surface area (TPSA) is 106 Å². The molecule has 8 heteroatoms. The lowest BCUT2D eigenvalue weighted by atomic mass is 10.3. The lowest BCUT2D eigenvalue weighted by Gasteiger charge is -2.04. The minimum absolute atomic E-state index is 0.190. The molecule has 0 saturated heterocycles. The van der Waals surface area contributed by atoms with Crippen LogP contribution in [0.25, 0.3) is 0 Å². The lowest BCUT2D eigenvalue weighted by Crippen LogP contribution is -2.09. The third kappa shape index (κ3) is 3.73. The van der Waals surface area contributed by atoms with Crippen molar-refractivity contribution in [2.24, 2.45) is 0 Å². The van der Waals surface area contributed by atoms with Gasteiger partial charge in [0.2, 0.25) is 0 Å². The van der Waals surface area contributed by atoms with Gasteiger partial charge >= 0.3 is 5.97 Å². The molecule has 0 aliphatic rings. The van der Waals surface area contributed by atoms with Crippen molar-refractivity contribution >= 4 is 11.8 Å². The highest BCUT2D eigenvalue weighted by Crippen LogP contribution is 2.03. The van der Waals surface area contributed by atoms with Crippen molar-refractivity contribution in [3.05, 3.63) is 30.0 Å². The summed E-state index contributed by atoms with van der Waals surface area (Å²) in [6, 6.07) is 3.26. The van der Waals surface area contributed by atoms with Gasteiger partial charge in [-0.25, -0.2) is 9.78 Å². The second-order valence-corrected chi connectivity index (χ2v) is 3.76. The molecule has 8 nitrogen and oxygen atoms in total. The number of anilines is 1. The minimum Gasteiger partial charge on any atom is -0.464 e. The zero-order valence-corrected chi connectivity index (χ0v) is 10.5. The Morgan fingerprint density at radius 1 is 1.42 bits per heavy atom. The normalized spacial score (nSPS) is 10.2. The molecule has 2 N–H and O–H groups in total. The highest BCUT2D eigenvalue weighted by atomic mass is 16.5. The zero-order valence-electron chi connectivity index (χ0n) is 10.5. The molecular formula is C11H14N6O2. The molecule has 0 radical (unpaired) electrons. The standard InChI is InChI=1S/C11H14N6O2/c1-19-11(18)8-4-5-10(17-15-8)12-6-2-3-9-13-7-14-16-9/h4-5,7H,2-3,6H2,1H3,(H,12,17)(H,13,14,16). The number of nitrogens with one attached hydrogen (secondary N) is 2. The molecule has 2 aromatic heterocycles. The first-order chi connectivity index (χ1) is 9.29. The van der Waals surface area contributed by atoms with Crippen LogP contribution in [0.4, 0.5) is 5.82 Å². The predicted molar refractivity (Wildman–Crippen MR) is 66.6 cm³/mol. The van der Waals surface area contributed by atoms with Crippen molar-refractivity contribution < 1.29 is 9.53 Å². The van der Waals surface area contributed by atoms with Gasteiger partial charge in [-0.1, -0.05) is 0 Å². The Balaban J connectivity index is 1.75. The van der Waals surface area contributed by atoms with E-state index in [0.29, 0.717) is 5.82 Å². The van der Waals surface area contributed by atoms with Crippen LogP contribution in [0.3, 0.4) is 0 Å². The molecule has 0 aliphatic carbocycles. The van der Waals surface area contributed by atoms with E-state index in [0.717, 1.165) is 25.2 Å². The Morgan fingerprint density at radius 3 is 2.95 bits per heavy atom. The fourth-order valence-electron chi connectivity index (χ4n) is 1.46. The van der Waals surface area contributed by atoms with Gasteiger partial charge in [-0.05, 0) is 18.6 Å². The average Bonchev–Trinajstić information content (AvgIpc) is 2.96. The minimum atomic E-state index is -0.496. The van der Waals surface area contributed by atoms with Crippen LogP contribution in [0.5, 0.6) is 0 Å². The van der Waals surface area contributed by atoms with E-state index in [4.69, 9.17) is 0 Å².